The second-order valence-electron chi connectivity index (χ2n) is 5.17. The predicted molar refractivity (Wildman–Crippen MR) is 67.1 cm³/mol. The van der Waals surface area contributed by atoms with Gasteiger partial charge < -0.3 is 5.32 Å². The number of nitrogens with one attached hydrogen (secondary N) is 1. The summed E-state index contributed by atoms with van der Waals surface area (Å²) in [7, 11) is 0. The minimum atomic E-state index is 0.754. The zero-order valence-corrected chi connectivity index (χ0v) is 10.9. The first-order chi connectivity index (χ1) is 7.19. The lowest BCUT2D eigenvalue weighted by Crippen LogP contribution is -2.41. The van der Waals surface area contributed by atoms with Gasteiger partial charge in [-0.2, -0.15) is 0 Å². The molecule has 1 saturated heterocycles. The minimum Gasteiger partial charge on any atom is -0.315 e. The van der Waals surface area contributed by atoms with Crippen LogP contribution in [0.5, 0.6) is 0 Å². The smallest absolute Gasteiger partial charge is 0.0218 e. The quantitative estimate of drug-likeness (QED) is 0.680. The van der Waals surface area contributed by atoms with Crippen molar-refractivity contribution in [2.24, 2.45) is 11.8 Å². The molecule has 1 N–H and O–H groups in total. The van der Waals surface area contributed by atoms with E-state index in [9.17, 15) is 0 Å². The molecule has 2 nitrogen and oxygen atoms in total. The van der Waals surface area contributed by atoms with Crippen LogP contribution in [0.15, 0.2) is 0 Å². The second-order valence-corrected chi connectivity index (χ2v) is 5.17. The summed E-state index contributed by atoms with van der Waals surface area (Å²) in [5.41, 5.74) is 0. The monoisotopic (exact) mass is 212 g/mol. The molecule has 0 aromatic carbocycles. The fourth-order valence-electron chi connectivity index (χ4n) is 2.45. The molecule has 0 aromatic heterocycles. The largest absolute Gasteiger partial charge is 0.315 e. The minimum absolute atomic E-state index is 0.754. The Labute approximate surface area is 95.4 Å². The van der Waals surface area contributed by atoms with Crippen LogP contribution in [-0.4, -0.2) is 37.1 Å². The van der Waals surface area contributed by atoms with E-state index >= 15 is 0 Å². The van der Waals surface area contributed by atoms with Crippen LogP contribution in [0.4, 0.5) is 0 Å². The van der Waals surface area contributed by atoms with Gasteiger partial charge in [0, 0.05) is 25.7 Å². The van der Waals surface area contributed by atoms with Gasteiger partial charge in [-0.3, -0.25) is 4.90 Å². The van der Waals surface area contributed by atoms with Crippen molar-refractivity contribution in [3.63, 3.8) is 0 Å². The van der Waals surface area contributed by atoms with Gasteiger partial charge in [0.15, 0.2) is 0 Å². The van der Waals surface area contributed by atoms with Crippen molar-refractivity contribution >= 4 is 0 Å². The molecule has 1 aliphatic rings. The summed E-state index contributed by atoms with van der Waals surface area (Å²) in [4.78, 5) is 2.68. The van der Waals surface area contributed by atoms with Crippen LogP contribution in [0.3, 0.4) is 0 Å². The first-order valence-corrected chi connectivity index (χ1v) is 6.63. The summed E-state index contributed by atoms with van der Waals surface area (Å²) >= 11 is 0. The van der Waals surface area contributed by atoms with Crippen LogP contribution in [0.2, 0.25) is 0 Å². The highest BCUT2D eigenvalue weighted by atomic mass is 15.2. The SMILES string of the molecule is CCCNCC(CC)N1CC(C)C(C)C1. The third-order valence-electron chi connectivity index (χ3n) is 3.81. The standard InChI is InChI=1S/C13H28N2/c1-5-7-14-8-13(6-2)15-9-11(3)12(4)10-15/h11-14H,5-10H2,1-4H3. The Balaban J connectivity index is 2.32. The molecular weight excluding hydrogens is 184 g/mol. The van der Waals surface area contributed by atoms with E-state index in [1.54, 1.807) is 0 Å². The van der Waals surface area contributed by atoms with Gasteiger partial charge in [0.25, 0.3) is 0 Å². The number of hydrogen-bond acceptors (Lipinski definition) is 2. The molecule has 1 heterocycles. The summed E-state index contributed by atoms with van der Waals surface area (Å²) in [6, 6.07) is 0.754. The van der Waals surface area contributed by atoms with Gasteiger partial charge in [-0.25, -0.2) is 0 Å². The molecule has 2 heteroatoms. The maximum absolute atomic E-state index is 3.55. The normalized spacial score (nSPS) is 29.6. The molecule has 0 aromatic rings. The first kappa shape index (κ1) is 13.0. The first-order valence-electron chi connectivity index (χ1n) is 6.63. The van der Waals surface area contributed by atoms with E-state index in [-0.39, 0.29) is 0 Å². The third-order valence-corrected chi connectivity index (χ3v) is 3.81. The lowest BCUT2D eigenvalue weighted by molar-refractivity contribution is 0.220. The fraction of sp³-hybridized carbons (Fsp3) is 1.00. The highest BCUT2D eigenvalue weighted by molar-refractivity contribution is 4.84. The van der Waals surface area contributed by atoms with E-state index in [0.29, 0.717) is 0 Å². The van der Waals surface area contributed by atoms with Crippen LogP contribution in [-0.2, 0) is 0 Å². The Morgan fingerprint density at radius 2 is 1.80 bits per heavy atom. The summed E-state index contributed by atoms with van der Waals surface area (Å²) in [5, 5.41) is 3.55. The van der Waals surface area contributed by atoms with Crippen LogP contribution < -0.4 is 5.32 Å². The lowest BCUT2D eigenvalue weighted by Gasteiger charge is -2.27. The molecule has 0 aliphatic carbocycles. The Morgan fingerprint density at radius 3 is 2.27 bits per heavy atom. The molecule has 1 fully saturated rings. The van der Waals surface area contributed by atoms with E-state index in [0.717, 1.165) is 24.4 Å². The maximum atomic E-state index is 3.55. The fourth-order valence-corrected chi connectivity index (χ4v) is 2.45. The summed E-state index contributed by atoms with van der Waals surface area (Å²) in [6.07, 6.45) is 2.51. The van der Waals surface area contributed by atoms with Crippen molar-refractivity contribution in [2.45, 2.75) is 46.6 Å². The van der Waals surface area contributed by atoms with Crippen LogP contribution in [0, 0.1) is 11.8 Å². The van der Waals surface area contributed by atoms with Crippen molar-refractivity contribution in [3.05, 3.63) is 0 Å². The number of rotatable bonds is 6. The number of hydrogen-bond donors (Lipinski definition) is 1. The van der Waals surface area contributed by atoms with Gasteiger partial charge in [0.05, 0.1) is 0 Å². The van der Waals surface area contributed by atoms with Gasteiger partial charge in [-0.05, 0) is 31.2 Å². The molecule has 0 saturated carbocycles. The van der Waals surface area contributed by atoms with Gasteiger partial charge in [-0.1, -0.05) is 27.7 Å². The molecule has 3 unspecified atom stereocenters. The molecular formula is C13H28N2. The molecule has 90 valence electrons. The maximum Gasteiger partial charge on any atom is 0.0218 e. The summed E-state index contributed by atoms with van der Waals surface area (Å²) in [6.45, 7) is 14.2. The molecule has 0 spiro atoms. The third kappa shape index (κ3) is 3.76. The molecule has 0 radical (unpaired) electrons. The molecule has 1 aliphatic heterocycles. The van der Waals surface area contributed by atoms with Crippen LogP contribution >= 0.6 is 0 Å². The molecule has 0 amide bonds. The summed E-state index contributed by atoms with van der Waals surface area (Å²) in [5.74, 6) is 1.76. The molecule has 1 rings (SSSR count). The van der Waals surface area contributed by atoms with E-state index in [1.165, 1.54) is 32.5 Å². The topological polar surface area (TPSA) is 15.3 Å². The van der Waals surface area contributed by atoms with Gasteiger partial charge >= 0.3 is 0 Å². The van der Waals surface area contributed by atoms with E-state index in [2.05, 4.69) is 37.9 Å². The number of nitrogens with zero attached hydrogens (tertiary/aromatic N) is 1. The number of likely N-dealkylation sites (tertiary alicyclic amines) is 1. The zero-order chi connectivity index (χ0) is 11.3. The Bertz CT molecular complexity index is 160. The lowest BCUT2D eigenvalue weighted by atomic mass is 10.0. The van der Waals surface area contributed by atoms with Crippen LogP contribution in [0.25, 0.3) is 0 Å². The van der Waals surface area contributed by atoms with Crippen molar-refractivity contribution in [2.75, 3.05) is 26.2 Å². The van der Waals surface area contributed by atoms with Crippen molar-refractivity contribution in [1.29, 1.82) is 0 Å². The average Bonchev–Trinajstić information content (AvgIpc) is 2.54. The zero-order valence-electron chi connectivity index (χ0n) is 10.9. The molecule has 3 atom stereocenters. The average molecular weight is 212 g/mol. The van der Waals surface area contributed by atoms with Gasteiger partial charge in [0.1, 0.15) is 0 Å². The Kier molecular flexibility index (Phi) is 5.62. The van der Waals surface area contributed by atoms with Gasteiger partial charge in [0.2, 0.25) is 0 Å². The van der Waals surface area contributed by atoms with Crippen LogP contribution in [0.1, 0.15) is 40.5 Å². The highest BCUT2D eigenvalue weighted by Crippen LogP contribution is 2.24. The van der Waals surface area contributed by atoms with E-state index < -0.39 is 0 Å². The Morgan fingerprint density at radius 1 is 1.20 bits per heavy atom. The second kappa shape index (κ2) is 6.49. The van der Waals surface area contributed by atoms with Crippen molar-refractivity contribution in [3.8, 4) is 0 Å². The molecule has 15 heavy (non-hydrogen) atoms. The molecule has 0 bridgehead atoms. The predicted octanol–water partition coefficient (Wildman–Crippen LogP) is 2.35. The van der Waals surface area contributed by atoms with Crippen molar-refractivity contribution in [1.82, 2.24) is 10.2 Å². The van der Waals surface area contributed by atoms with Gasteiger partial charge in [-0.15, -0.1) is 0 Å². The summed E-state index contributed by atoms with van der Waals surface area (Å²) < 4.78 is 0. The Hall–Kier alpha value is -0.0800. The van der Waals surface area contributed by atoms with Crippen molar-refractivity contribution < 1.29 is 0 Å². The van der Waals surface area contributed by atoms with E-state index in [1.807, 2.05) is 0 Å². The highest BCUT2D eigenvalue weighted by Gasteiger charge is 2.29. The van der Waals surface area contributed by atoms with E-state index in [4.69, 9.17) is 0 Å².